The summed E-state index contributed by atoms with van der Waals surface area (Å²) >= 11 is 3.28. The molecule has 5 heteroatoms. The van der Waals surface area contributed by atoms with Crippen molar-refractivity contribution < 1.29 is 44.0 Å². The van der Waals surface area contributed by atoms with Crippen LogP contribution in [0.15, 0.2) is 117 Å². The molecule has 53 heavy (non-hydrogen) atoms. The second-order valence-corrected chi connectivity index (χ2v) is 21.2. The van der Waals surface area contributed by atoms with Crippen LogP contribution in [0.25, 0.3) is 34.4 Å². The van der Waals surface area contributed by atoms with Crippen LogP contribution >= 0.6 is 22.7 Å². The van der Waals surface area contributed by atoms with E-state index in [1.165, 1.54) is 75.1 Å². The summed E-state index contributed by atoms with van der Waals surface area (Å²) in [4.78, 5) is 5.71. The van der Waals surface area contributed by atoms with Gasteiger partial charge in [-0.05, 0) is 0 Å². The maximum atomic E-state index is 2.61. The van der Waals surface area contributed by atoms with Crippen LogP contribution in [0.5, 0.6) is 0 Å². The third-order valence-electron chi connectivity index (χ3n) is 10.6. The maximum absolute atomic E-state index is 2.61. The fourth-order valence-corrected chi connectivity index (χ4v) is 12.8. The Morgan fingerprint density at radius 2 is 0.849 bits per heavy atom. The molecule has 2 heterocycles. The molecule has 0 fully saturated rings. The van der Waals surface area contributed by atoms with Crippen LogP contribution in [0.2, 0.25) is 0 Å². The molecule has 0 saturated heterocycles. The van der Waals surface area contributed by atoms with Crippen LogP contribution in [-0.4, -0.2) is 0 Å². The molecule has 0 spiro atoms. The second kappa shape index (κ2) is 15.3. The number of benzene rings is 4. The molecule has 0 bridgehead atoms. The monoisotopic (exact) mass is 804 g/mol. The van der Waals surface area contributed by atoms with Crippen molar-refractivity contribution in [1.82, 2.24) is 0 Å². The number of halogens is 2. The molecule has 8 rings (SSSR count). The number of hydrogen-bond donors (Lipinski definition) is 0. The molecule has 2 aromatic heterocycles. The number of rotatable bonds is 6. The van der Waals surface area contributed by atoms with E-state index in [9.17, 15) is 0 Å². The van der Waals surface area contributed by atoms with Crippen molar-refractivity contribution in [3.05, 3.63) is 170 Å². The van der Waals surface area contributed by atoms with E-state index in [0.717, 1.165) is 0 Å². The summed E-state index contributed by atoms with van der Waals surface area (Å²) in [5.74, 6) is 0.625. The van der Waals surface area contributed by atoms with Gasteiger partial charge >= 0.3 is 324 Å². The fraction of sp³-hybridized carbons (Fsp3) is 0.250. The van der Waals surface area contributed by atoms with E-state index >= 15 is 0 Å². The fourth-order valence-electron chi connectivity index (χ4n) is 7.82. The molecule has 2 aliphatic rings. The van der Waals surface area contributed by atoms with Gasteiger partial charge in [0.25, 0.3) is 0 Å². The Kier molecular flexibility index (Phi) is 11.5. The van der Waals surface area contributed by atoms with Crippen molar-refractivity contribution >= 4 is 34.8 Å². The molecule has 0 amide bonds. The molecule has 0 N–H and O–H groups in total. The normalized spacial score (nSPS) is 16.2. The van der Waals surface area contributed by atoms with E-state index in [1.807, 2.05) is 22.7 Å². The van der Waals surface area contributed by atoms with Gasteiger partial charge in [-0.15, -0.1) is 0 Å². The van der Waals surface area contributed by atoms with Crippen LogP contribution in [0.4, 0.5) is 0 Å². The van der Waals surface area contributed by atoms with Crippen molar-refractivity contribution in [2.24, 2.45) is 0 Å². The summed E-state index contributed by atoms with van der Waals surface area (Å²) in [6.07, 6.45) is 5.21. The zero-order chi connectivity index (χ0) is 35.7. The largest absolute Gasteiger partial charge is 1.00 e. The van der Waals surface area contributed by atoms with Gasteiger partial charge in [-0.25, -0.2) is 0 Å². The van der Waals surface area contributed by atoms with Crippen LogP contribution in [0.1, 0.15) is 106 Å². The zero-order valence-electron chi connectivity index (χ0n) is 31.8. The van der Waals surface area contributed by atoms with Gasteiger partial charge in [0.15, 0.2) is 0 Å². The Hall–Kier alpha value is -2.95. The minimum absolute atomic E-state index is 0. The van der Waals surface area contributed by atoms with Crippen molar-refractivity contribution in [3.8, 4) is 22.3 Å². The quantitative estimate of drug-likeness (QED) is 0.149. The molecule has 2 unspecified atom stereocenters. The van der Waals surface area contributed by atoms with E-state index in [0.29, 0.717) is 11.8 Å². The molecule has 268 valence electrons. The third kappa shape index (κ3) is 7.66. The van der Waals surface area contributed by atoms with E-state index in [4.69, 9.17) is 0 Å². The number of aryl methyl sites for hydroxylation is 2. The number of fused-ring (bicyclic) bond motifs is 2. The standard InChI is InChI=1S/2C24H23S.2ClH.Ti/c2*1-16-8-15-23(25-16)22-14-13-21-19(6-5-7-20(21)22)17-9-11-18(12-10-17)24(2,3)4;;;/h2*5-13,15,22H,1-4H3;2*1H;/q;;;;+2/p-2. The summed E-state index contributed by atoms with van der Waals surface area (Å²) in [7, 11) is 0. The first-order valence-electron chi connectivity index (χ1n) is 18.2. The minimum Gasteiger partial charge on any atom is -1.00 e. The average Bonchev–Trinajstić information content (AvgIpc) is 3.88. The summed E-state index contributed by atoms with van der Waals surface area (Å²) in [6.45, 7) is 18.3. The van der Waals surface area contributed by atoms with Gasteiger partial charge in [-0.1, -0.05) is 0 Å². The molecular weight excluding hydrogens is 759 g/mol. The maximum Gasteiger partial charge on any atom is -1.00 e. The van der Waals surface area contributed by atoms with E-state index in [1.54, 1.807) is 7.76 Å². The Morgan fingerprint density at radius 3 is 1.17 bits per heavy atom. The molecule has 0 radical (unpaired) electrons. The van der Waals surface area contributed by atoms with Gasteiger partial charge in [-0.3, -0.25) is 0 Å². The molecule has 4 aromatic carbocycles. The van der Waals surface area contributed by atoms with Gasteiger partial charge in [-0.2, -0.15) is 0 Å². The first kappa shape index (κ1) is 39.7. The summed E-state index contributed by atoms with van der Waals surface area (Å²) in [5.41, 5.74) is 14.1. The Morgan fingerprint density at radius 1 is 0.472 bits per heavy atom. The molecule has 2 aliphatic carbocycles. The van der Waals surface area contributed by atoms with Crippen molar-refractivity contribution in [2.75, 3.05) is 0 Å². The third-order valence-corrected chi connectivity index (χ3v) is 15.0. The van der Waals surface area contributed by atoms with E-state index < -0.39 is 19.2 Å². The van der Waals surface area contributed by atoms with Crippen molar-refractivity contribution in [3.63, 3.8) is 0 Å². The first-order valence-corrected chi connectivity index (χ1v) is 21.3. The summed E-state index contributed by atoms with van der Waals surface area (Å²) in [5, 5.41) is 0. The molecular formula is C48H46Cl2S2Ti. The number of thiophene rings is 2. The van der Waals surface area contributed by atoms with Gasteiger partial charge in [0.2, 0.25) is 0 Å². The second-order valence-electron chi connectivity index (χ2n) is 16.4. The van der Waals surface area contributed by atoms with E-state index in [-0.39, 0.29) is 35.6 Å². The predicted molar refractivity (Wildman–Crippen MR) is 219 cm³/mol. The van der Waals surface area contributed by atoms with Crippen LogP contribution in [-0.2, 0) is 30.0 Å². The smallest absolute Gasteiger partial charge is 1.00 e. The molecule has 0 aliphatic heterocycles. The summed E-state index contributed by atoms with van der Waals surface area (Å²) < 4.78 is 3.25. The van der Waals surface area contributed by atoms with Crippen LogP contribution < -0.4 is 24.8 Å². The van der Waals surface area contributed by atoms with E-state index in [2.05, 4.69) is 177 Å². The predicted octanol–water partition coefficient (Wildman–Crippen LogP) is 8.12. The average molecular weight is 806 g/mol. The van der Waals surface area contributed by atoms with Gasteiger partial charge in [0.05, 0.1) is 0 Å². The minimum atomic E-state index is -0.656. The molecule has 0 nitrogen and oxygen atoms in total. The van der Waals surface area contributed by atoms with Crippen LogP contribution in [0.3, 0.4) is 0 Å². The Bertz CT molecular complexity index is 2160. The molecule has 6 aromatic rings. The van der Waals surface area contributed by atoms with Gasteiger partial charge in [0.1, 0.15) is 0 Å². The Balaban J connectivity index is 0.00000240. The SMILES string of the molecule is Cc1ccc(C2[C]([Ti+2][C]3=Cc4c(-c5ccc(C(C)(C)C)cc5)cccc4C3c3ccc(C)s3)=Cc3c(-c4ccc(C(C)(C)C)cc4)cccc32)s1.[Cl-].[Cl-]. The van der Waals surface area contributed by atoms with Crippen molar-refractivity contribution in [2.45, 2.75) is 78.1 Å². The Labute approximate surface area is 346 Å². The summed E-state index contributed by atoms with van der Waals surface area (Å²) in [6, 6.07) is 42.1. The molecule has 2 atom stereocenters. The first-order chi connectivity index (χ1) is 24.3. The van der Waals surface area contributed by atoms with Gasteiger partial charge < -0.3 is 24.8 Å². The topological polar surface area (TPSA) is 0 Å². The molecule has 0 saturated carbocycles. The van der Waals surface area contributed by atoms with Crippen molar-refractivity contribution in [1.29, 1.82) is 0 Å². The van der Waals surface area contributed by atoms with Crippen LogP contribution in [0, 0.1) is 13.8 Å². The van der Waals surface area contributed by atoms with Gasteiger partial charge in [0, 0.05) is 0 Å². The number of hydrogen-bond acceptors (Lipinski definition) is 2. The zero-order valence-corrected chi connectivity index (χ0v) is 36.5. The number of allylic oxidation sites excluding steroid dienone is 2.